The molecule has 1 aromatic rings. The first-order valence-electron chi connectivity index (χ1n) is 6.38. The SMILES string of the molecule is C[C@@H]1N(c2ccc(C#N)c(F)c2C(F)(F)F)CC[C@]1(C)O. The monoisotopic (exact) mass is 302 g/mol. The maximum atomic E-state index is 14.0. The molecule has 1 saturated heterocycles. The average Bonchev–Trinajstić information content (AvgIpc) is 2.62. The Balaban J connectivity index is 2.61. The van der Waals surface area contributed by atoms with E-state index in [1.807, 2.05) is 0 Å². The van der Waals surface area contributed by atoms with Gasteiger partial charge in [0.2, 0.25) is 0 Å². The lowest BCUT2D eigenvalue weighted by molar-refractivity contribution is -0.139. The van der Waals surface area contributed by atoms with E-state index in [9.17, 15) is 22.7 Å². The van der Waals surface area contributed by atoms with Gasteiger partial charge in [0.05, 0.1) is 22.9 Å². The zero-order valence-corrected chi connectivity index (χ0v) is 11.5. The zero-order valence-electron chi connectivity index (χ0n) is 11.5. The molecule has 7 heteroatoms. The summed E-state index contributed by atoms with van der Waals surface area (Å²) in [5, 5.41) is 18.8. The van der Waals surface area contributed by atoms with Crippen LogP contribution in [0, 0.1) is 17.1 Å². The molecule has 1 aliphatic rings. The molecule has 0 aromatic heterocycles. The molecule has 114 valence electrons. The molecule has 21 heavy (non-hydrogen) atoms. The summed E-state index contributed by atoms with van der Waals surface area (Å²) in [6.45, 7) is 3.30. The quantitative estimate of drug-likeness (QED) is 0.811. The Kier molecular flexibility index (Phi) is 3.62. The lowest BCUT2D eigenvalue weighted by Gasteiger charge is -2.31. The summed E-state index contributed by atoms with van der Waals surface area (Å²) >= 11 is 0. The summed E-state index contributed by atoms with van der Waals surface area (Å²) in [7, 11) is 0. The van der Waals surface area contributed by atoms with Crippen LogP contribution in [0.25, 0.3) is 0 Å². The third-order valence-electron chi connectivity index (χ3n) is 4.06. The molecule has 1 N–H and O–H groups in total. The summed E-state index contributed by atoms with van der Waals surface area (Å²) in [5.74, 6) is -1.57. The molecule has 2 rings (SSSR count). The largest absolute Gasteiger partial charge is 0.421 e. The van der Waals surface area contributed by atoms with Gasteiger partial charge in [-0.1, -0.05) is 0 Å². The number of hydrogen-bond acceptors (Lipinski definition) is 3. The van der Waals surface area contributed by atoms with Gasteiger partial charge in [0.1, 0.15) is 11.6 Å². The first-order chi connectivity index (χ1) is 9.59. The molecule has 0 aliphatic carbocycles. The van der Waals surface area contributed by atoms with E-state index in [0.29, 0.717) is 0 Å². The molecule has 3 nitrogen and oxygen atoms in total. The van der Waals surface area contributed by atoms with Crippen LogP contribution in [-0.4, -0.2) is 23.3 Å². The van der Waals surface area contributed by atoms with Gasteiger partial charge in [-0.15, -0.1) is 0 Å². The van der Waals surface area contributed by atoms with Gasteiger partial charge in [-0.05, 0) is 32.4 Å². The fraction of sp³-hybridized carbons (Fsp3) is 0.500. The van der Waals surface area contributed by atoms with Crippen LogP contribution in [0.15, 0.2) is 12.1 Å². The van der Waals surface area contributed by atoms with Gasteiger partial charge in [0, 0.05) is 6.54 Å². The van der Waals surface area contributed by atoms with Gasteiger partial charge in [-0.3, -0.25) is 0 Å². The van der Waals surface area contributed by atoms with E-state index in [4.69, 9.17) is 5.26 Å². The number of nitrogens with zero attached hydrogens (tertiary/aromatic N) is 2. The number of alkyl halides is 3. The molecule has 1 aromatic carbocycles. The van der Waals surface area contributed by atoms with Crippen molar-refractivity contribution in [2.24, 2.45) is 0 Å². The van der Waals surface area contributed by atoms with Crippen LogP contribution in [0.3, 0.4) is 0 Å². The summed E-state index contributed by atoms with van der Waals surface area (Å²) in [5.41, 5.74) is -3.59. The maximum Gasteiger partial charge on any atom is 0.421 e. The van der Waals surface area contributed by atoms with Crippen LogP contribution in [0.1, 0.15) is 31.4 Å². The van der Waals surface area contributed by atoms with Crippen LogP contribution in [0.5, 0.6) is 0 Å². The molecule has 2 atom stereocenters. The van der Waals surface area contributed by atoms with E-state index in [1.165, 1.54) is 17.9 Å². The highest BCUT2D eigenvalue weighted by atomic mass is 19.4. The highest BCUT2D eigenvalue weighted by Gasteiger charge is 2.45. The predicted octanol–water partition coefficient (Wildman–Crippen LogP) is 3.07. The van der Waals surface area contributed by atoms with Gasteiger partial charge >= 0.3 is 6.18 Å². The lowest BCUT2D eigenvalue weighted by atomic mass is 9.98. The Hall–Kier alpha value is -1.81. The van der Waals surface area contributed by atoms with Crippen molar-refractivity contribution in [1.29, 1.82) is 5.26 Å². The number of benzene rings is 1. The molecule has 1 heterocycles. The molecule has 0 bridgehead atoms. The minimum atomic E-state index is -4.92. The van der Waals surface area contributed by atoms with Gasteiger partial charge in [-0.2, -0.15) is 18.4 Å². The second-order valence-corrected chi connectivity index (χ2v) is 5.41. The molecule has 0 unspecified atom stereocenters. The van der Waals surface area contributed by atoms with Gasteiger partial charge < -0.3 is 10.0 Å². The molecule has 0 radical (unpaired) electrons. The van der Waals surface area contributed by atoms with E-state index in [1.54, 1.807) is 6.92 Å². The third kappa shape index (κ3) is 2.56. The summed E-state index contributed by atoms with van der Waals surface area (Å²) in [6, 6.07) is 2.93. The average molecular weight is 302 g/mol. The second-order valence-electron chi connectivity index (χ2n) is 5.41. The zero-order chi connectivity index (χ0) is 16.0. The minimum absolute atomic E-state index is 0.183. The Labute approximate surface area is 119 Å². The summed E-state index contributed by atoms with van der Waals surface area (Å²) in [4.78, 5) is 1.33. The second kappa shape index (κ2) is 4.88. The van der Waals surface area contributed by atoms with Gasteiger partial charge in [0.25, 0.3) is 0 Å². The van der Waals surface area contributed by atoms with Crippen molar-refractivity contribution < 1.29 is 22.7 Å². The van der Waals surface area contributed by atoms with Crippen LogP contribution in [-0.2, 0) is 6.18 Å². The van der Waals surface area contributed by atoms with Crippen molar-refractivity contribution in [3.05, 3.63) is 29.1 Å². The molecule has 0 spiro atoms. The Bertz CT molecular complexity index is 604. The highest BCUT2D eigenvalue weighted by Crippen LogP contribution is 2.43. The van der Waals surface area contributed by atoms with Gasteiger partial charge in [0.15, 0.2) is 5.82 Å². The molecule has 0 saturated carbocycles. The number of nitriles is 1. The lowest BCUT2D eigenvalue weighted by Crippen LogP contribution is -2.41. The van der Waals surface area contributed by atoms with Crippen molar-refractivity contribution in [2.75, 3.05) is 11.4 Å². The number of rotatable bonds is 1. The smallest absolute Gasteiger partial charge is 0.388 e. The number of halogens is 4. The van der Waals surface area contributed by atoms with E-state index < -0.39 is 34.8 Å². The molecule has 1 fully saturated rings. The van der Waals surface area contributed by atoms with Crippen molar-refractivity contribution in [2.45, 2.75) is 38.1 Å². The highest BCUT2D eigenvalue weighted by molar-refractivity contribution is 5.60. The fourth-order valence-electron chi connectivity index (χ4n) is 2.58. The van der Waals surface area contributed by atoms with Crippen LogP contribution in [0.4, 0.5) is 23.2 Å². The number of aliphatic hydroxyl groups is 1. The molecule has 1 aliphatic heterocycles. The first-order valence-corrected chi connectivity index (χ1v) is 6.38. The topological polar surface area (TPSA) is 47.3 Å². The van der Waals surface area contributed by atoms with Crippen molar-refractivity contribution >= 4 is 5.69 Å². The van der Waals surface area contributed by atoms with E-state index in [2.05, 4.69) is 0 Å². The fourth-order valence-corrected chi connectivity index (χ4v) is 2.58. The van der Waals surface area contributed by atoms with Gasteiger partial charge in [-0.25, -0.2) is 4.39 Å². The normalized spacial score (nSPS) is 26.0. The van der Waals surface area contributed by atoms with E-state index in [-0.39, 0.29) is 18.7 Å². The number of anilines is 1. The molecular weight excluding hydrogens is 288 g/mol. The Morgan fingerprint density at radius 2 is 2.05 bits per heavy atom. The summed E-state index contributed by atoms with van der Waals surface area (Å²) in [6.07, 6.45) is -4.63. The Morgan fingerprint density at radius 3 is 2.48 bits per heavy atom. The van der Waals surface area contributed by atoms with Crippen molar-refractivity contribution in [1.82, 2.24) is 0 Å². The minimum Gasteiger partial charge on any atom is -0.388 e. The van der Waals surface area contributed by atoms with Crippen molar-refractivity contribution in [3.8, 4) is 6.07 Å². The first kappa shape index (κ1) is 15.6. The molecular formula is C14H14F4N2O. The summed E-state index contributed by atoms with van der Waals surface area (Å²) < 4.78 is 53.5. The standard InChI is InChI=1S/C14H14F4N2O/c1-8-13(2,21)5-6-20(8)10-4-3-9(7-19)12(15)11(10)14(16,17)18/h3-4,8,21H,5-6H2,1-2H3/t8-,13-/m0/s1. The predicted molar refractivity (Wildman–Crippen MR) is 68.2 cm³/mol. The maximum absolute atomic E-state index is 14.0. The molecule has 0 amide bonds. The number of hydrogen-bond donors (Lipinski definition) is 1. The van der Waals surface area contributed by atoms with Crippen LogP contribution >= 0.6 is 0 Å². The Morgan fingerprint density at radius 1 is 1.43 bits per heavy atom. The van der Waals surface area contributed by atoms with E-state index >= 15 is 0 Å². The van der Waals surface area contributed by atoms with E-state index in [0.717, 1.165) is 12.1 Å². The van der Waals surface area contributed by atoms with Crippen LogP contribution < -0.4 is 4.90 Å². The van der Waals surface area contributed by atoms with Crippen LogP contribution in [0.2, 0.25) is 0 Å². The van der Waals surface area contributed by atoms with Crippen molar-refractivity contribution in [3.63, 3.8) is 0 Å². The third-order valence-corrected chi connectivity index (χ3v) is 4.06.